The fourth-order valence-corrected chi connectivity index (χ4v) is 1.98. The smallest absolute Gasteiger partial charge is 0.326 e. The predicted octanol–water partition coefficient (Wildman–Crippen LogP) is 1.83. The molecule has 0 saturated heterocycles. The minimum absolute atomic E-state index is 0.0753. The maximum Gasteiger partial charge on any atom is 0.326 e. The first kappa shape index (κ1) is 20.7. The van der Waals surface area contributed by atoms with Crippen LogP contribution in [-0.2, 0) is 16.1 Å². The van der Waals surface area contributed by atoms with Crippen LogP contribution in [0.5, 0.6) is 0 Å². The molecule has 0 aliphatic heterocycles. The highest BCUT2D eigenvalue weighted by molar-refractivity contribution is 6.29. The molecule has 0 atom stereocenters. The first-order chi connectivity index (χ1) is 12.0. The molecule has 0 aliphatic rings. The first-order valence-electron chi connectivity index (χ1n) is 7.86. The maximum atomic E-state index is 11.9. The van der Waals surface area contributed by atoms with Gasteiger partial charge >= 0.3 is 5.97 Å². The summed E-state index contributed by atoms with van der Waals surface area (Å²) in [6.07, 6.45) is 1.29. The Morgan fingerprint density at radius 3 is 2.56 bits per heavy atom. The summed E-state index contributed by atoms with van der Waals surface area (Å²) in [4.78, 5) is 27.1. The number of rotatable bonds is 6. The number of nitrogens with zero attached hydrogens (tertiary/aromatic N) is 2. The van der Waals surface area contributed by atoms with Crippen molar-refractivity contribution in [2.24, 2.45) is 5.73 Å². The van der Waals surface area contributed by atoms with Gasteiger partial charge in [-0.1, -0.05) is 47.5 Å². The van der Waals surface area contributed by atoms with Crippen LogP contribution in [0.1, 0.15) is 12.5 Å². The van der Waals surface area contributed by atoms with E-state index in [4.69, 9.17) is 22.1 Å². The van der Waals surface area contributed by atoms with E-state index in [0.29, 0.717) is 13.1 Å². The van der Waals surface area contributed by atoms with E-state index in [9.17, 15) is 9.59 Å². The van der Waals surface area contributed by atoms with Gasteiger partial charge in [-0.2, -0.15) is 0 Å². The van der Waals surface area contributed by atoms with Gasteiger partial charge in [-0.15, -0.1) is 0 Å². The molecule has 0 fully saturated rings. The molecule has 0 radical (unpaired) electrons. The van der Waals surface area contributed by atoms with Crippen molar-refractivity contribution in [3.8, 4) is 0 Å². The maximum absolute atomic E-state index is 11.9. The second kappa shape index (κ2) is 11.2. The Morgan fingerprint density at radius 2 is 2.04 bits per heavy atom. The topological polar surface area (TPSA) is 99.2 Å². The molecule has 2 rings (SSSR count). The minimum atomic E-state index is -0.530. The van der Waals surface area contributed by atoms with Gasteiger partial charge in [0.25, 0.3) is 5.56 Å². The Balaban J connectivity index is 0.000000370. The van der Waals surface area contributed by atoms with Crippen LogP contribution in [0.2, 0.25) is 5.15 Å². The average molecular weight is 367 g/mol. The van der Waals surface area contributed by atoms with Crippen molar-refractivity contribution < 1.29 is 9.53 Å². The lowest BCUT2D eigenvalue weighted by atomic mass is 10.2. The van der Waals surface area contributed by atoms with E-state index >= 15 is 0 Å². The average Bonchev–Trinajstić information content (AvgIpc) is 2.59. The lowest BCUT2D eigenvalue weighted by Crippen LogP contribution is -2.30. The Bertz CT molecular complexity index is 720. The van der Waals surface area contributed by atoms with Crippen molar-refractivity contribution in [2.45, 2.75) is 20.4 Å². The molecule has 1 aromatic carbocycles. The number of hydrogen-bond acceptors (Lipinski definition) is 6. The van der Waals surface area contributed by atoms with Gasteiger partial charge in [0.2, 0.25) is 0 Å². The standard InChI is InChI=1S/C10H15ClN4O3.C7H8/c1-2-18-8(16)6-15-7(11)5-14-9(10(15)17)13-4-3-12;1-7-5-3-2-4-6-7/h5H,2-4,6,12H2,1H3,(H,13,14);2-6H,1H3. The molecular formula is C17H23ClN4O3. The third kappa shape index (κ3) is 7.36. The zero-order chi connectivity index (χ0) is 18.7. The first-order valence-corrected chi connectivity index (χ1v) is 8.24. The Labute approximate surface area is 151 Å². The molecule has 0 bridgehead atoms. The van der Waals surface area contributed by atoms with E-state index in [0.717, 1.165) is 4.57 Å². The molecular weight excluding hydrogens is 344 g/mol. The van der Waals surface area contributed by atoms with Crippen LogP contribution in [0.4, 0.5) is 5.82 Å². The fraction of sp³-hybridized carbons (Fsp3) is 0.353. The van der Waals surface area contributed by atoms with Crippen molar-refractivity contribution in [1.82, 2.24) is 9.55 Å². The van der Waals surface area contributed by atoms with Gasteiger partial charge in [0, 0.05) is 13.1 Å². The number of aromatic nitrogens is 2. The highest BCUT2D eigenvalue weighted by Gasteiger charge is 2.12. The van der Waals surface area contributed by atoms with Crippen LogP contribution < -0.4 is 16.6 Å². The van der Waals surface area contributed by atoms with E-state index in [1.807, 2.05) is 18.2 Å². The van der Waals surface area contributed by atoms with Gasteiger partial charge in [0.05, 0.1) is 12.8 Å². The summed E-state index contributed by atoms with van der Waals surface area (Å²) < 4.78 is 5.85. The summed E-state index contributed by atoms with van der Waals surface area (Å²) in [6, 6.07) is 10.3. The van der Waals surface area contributed by atoms with Crippen LogP contribution in [0.25, 0.3) is 0 Å². The number of nitrogens with two attached hydrogens (primary N) is 1. The number of ether oxygens (including phenoxy) is 1. The normalized spacial score (nSPS) is 9.76. The molecule has 0 spiro atoms. The second-order valence-electron chi connectivity index (χ2n) is 5.00. The van der Waals surface area contributed by atoms with Crippen molar-refractivity contribution >= 4 is 23.4 Å². The van der Waals surface area contributed by atoms with Gasteiger partial charge in [-0.05, 0) is 13.8 Å². The molecule has 8 heteroatoms. The van der Waals surface area contributed by atoms with Crippen molar-refractivity contribution in [3.05, 3.63) is 57.6 Å². The lowest BCUT2D eigenvalue weighted by molar-refractivity contribution is -0.143. The monoisotopic (exact) mass is 366 g/mol. The SMILES string of the molecule is CCOC(=O)Cn1c(Cl)cnc(NCCN)c1=O.Cc1ccccc1. The van der Waals surface area contributed by atoms with Crippen molar-refractivity contribution in [1.29, 1.82) is 0 Å². The number of hydrogen-bond donors (Lipinski definition) is 2. The largest absolute Gasteiger partial charge is 0.465 e. The third-order valence-corrected chi connectivity index (χ3v) is 3.28. The highest BCUT2D eigenvalue weighted by atomic mass is 35.5. The van der Waals surface area contributed by atoms with Gasteiger partial charge in [-0.3, -0.25) is 14.2 Å². The molecule has 0 saturated carbocycles. The second-order valence-corrected chi connectivity index (χ2v) is 5.38. The summed E-state index contributed by atoms with van der Waals surface area (Å²) in [5, 5.41) is 2.83. The molecule has 3 N–H and O–H groups in total. The van der Waals surface area contributed by atoms with E-state index in [1.54, 1.807) is 6.92 Å². The molecule has 7 nitrogen and oxygen atoms in total. The summed E-state index contributed by atoms with van der Waals surface area (Å²) in [6.45, 7) is 4.54. The number of nitrogens with one attached hydrogen (secondary N) is 1. The molecule has 1 aromatic heterocycles. The van der Waals surface area contributed by atoms with Gasteiger partial charge in [-0.25, -0.2) is 4.98 Å². The number of halogens is 1. The zero-order valence-electron chi connectivity index (χ0n) is 14.4. The summed E-state index contributed by atoms with van der Waals surface area (Å²) in [7, 11) is 0. The predicted molar refractivity (Wildman–Crippen MR) is 98.9 cm³/mol. The number of benzene rings is 1. The van der Waals surface area contributed by atoms with Crippen LogP contribution >= 0.6 is 11.6 Å². The summed E-state index contributed by atoms with van der Waals surface area (Å²) in [5.41, 5.74) is 6.15. The molecule has 25 heavy (non-hydrogen) atoms. The fourth-order valence-electron chi connectivity index (χ4n) is 1.80. The number of anilines is 1. The molecule has 0 unspecified atom stereocenters. The molecule has 1 heterocycles. The van der Waals surface area contributed by atoms with E-state index in [2.05, 4.69) is 29.4 Å². The summed E-state index contributed by atoms with van der Waals surface area (Å²) in [5.74, 6) is -0.424. The molecule has 2 aromatic rings. The Kier molecular flexibility index (Phi) is 9.28. The van der Waals surface area contributed by atoms with Crippen LogP contribution in [0, 0.1) is 6.92 Å². The Hall–Kier alpha value is -2.38. The van der Waals surface area contributed by atoms with E-state index in [1.165, 1.54) is 11.8 Å². The third-order valence-electron chi connectivity index (χ3n) is 2.98. The van der Waals surface area contributed by atoms with Crippen molar-refractivity contribution in [3.63, 3.8) is 0 Å². The van der Waals surface area contributed by atoms with Crippen LogP contribution in [0.15, 0.2) is 41.3 Å². The highest BCUT2D eigenvalue weighted by Crippen LogP contribution is 2.06. The number of aryl methyl sites for hydroxylation is 1. The number of carbonyl (C=O) groups is 1. The number of carbonyl (C=O) groups excluding carboxylic acids is 1. The number of esters is 1. The molecule has 0 aliphatic carbocycles. The van der Waals surface area contributed by atoms with Gasteiger partial charge < -0.3 is 15.8 Å². The minimum Gasteiger partial charge on any atom is -0.465 e. The van der Waals surface area contributed by atoms with Crippen LogP contribution in [0.3, 0.4) is 0 Å². The molecule has 136 valence electrons. The van der Waals surface area contributed by atoms with Crippen LogP contribution in [-0.4, -0.2) is 35.2 Å². The Morgan fingerprint density at radius 1 is 1.36 bits per heavy atom. The van der Waals surface area contributed by atoms with Crippen molar-refractivity contribution in [2.75, 3.05) is 25.0 Å². The quantitative estimate of drug-likeness (QED) is 0.756. The van der Waals surface area contributed by atoms with E-state index in [-0.39, 0.29) is 24.1 Å². The lowest BCUT2D eigenvalue weighted by Gasteiger charge is -2.10. The van der Waals surface area contributed by atoms with E-state index < -0.39 is 11.5 Å². The zero-order valence-corrected chi connectivity index (χ0v) is 15.1. The van der Waals surface area contributed by atoms with Gasteiger partial charge in [0.15, 0.2) is 5.82 Å². The molecule has 0 amide bonds. The summed E-state index contributed by atoms with van der Waals surface area (Å²) >= 11 is 5.82. The van der Waals surface area contributed by atoms with Gasteiger partial charge in [0.1, 0.15) is 11.7 Å².